The van der Waals surface area contributed by atoms with Gasteiger partial charge in [-0.15, -0.1) is 0 Å². The van der Waals surface area contributed by atoms with Crippen LogP contribution in [0.25, 0.3) is 11.0 Å². The molecule has 1 aromatic heterocycles. The number of fused-ring (bicyclic) bond motifs is 1. The highest BCUT2D eigenvalue weighted by molar-refractivity contribution is 6.04. The summed E-state index contributed by atoms with van der Waals surface area (Å²) < 4.78 is 13.1. The molecule has 1 amide bonds. The molecule has 4 nitrogen and oxygen atoms in total. The van der Waals surface area contributed by atoms with Crippen LogP contribution in [0.3, 0.4) is 0 Å². The second-order valence-electron chi connectivity index (χ2n) is 4.42. The van der Waals surface area contributed by atoms with Crippen molar-refractivity contribution in [2.75, 3.05) is 0 Å². The lowest BCUT2D eigenvalue weighted by atomic mass is 10.1. The Morgan fingerprint density at radius 3 is 2.95 bits per heavy atom. The highest BCUT2D eigenvalue weighted by Crippen LogP contribution is 2.14. The van der Waals surface area contributed by atoms with Crippen molar-refractivity contribution in [2.45, 2.75) is 6.54 Å². The van der Waals surface area contributed by atoms with Gasteiger partial charge in [-0.2, -0.15) is 0 Å². The number of hydrogen-bond acceptors (Lipinski definition) is 2. The fraction of sp³-hybridized carbons (Fsp3) is 0.0667. The monoisotopic (exact) mass is 269 g/mol. The van der Waals surface area contributed by atoms with Crippen molar-refractivity contribution < 1.29 is 9.18 Å². The molecule has 2 aromatic carbocycles. The van der Waals surface area contributed by atoms with Crippen molar-refractivity contribution in [3.05, 3.63) is 65.7 Å². The molecule has 0 aliphatic rings. The minimum Gasteiger partial charge on any atom is -0.348 e. The molecule has 20 heavy (non-hydrogen) atoms. The van der Waals surface area contributed by atoms with Crippen LogP contribution in [0.5, 0.6) is 0 Å². The normalized spacial score (nSPS) is 10.7. The first-order valence-electron chi connectivity index (χ1n) is 6.19. The highest BCUT2D eigenvalue weighted by atomic mass is 19.1. The standard InChI is InChI=1S/C15H12FN3O/c16-11-4-1-3-10(7-11)8-17-15(20)12-5-2-6-13-14(12)19-9-18-13/h1-7,9H,8H2,(H,17,20)(H,18,19). The summed E-state index contributed by atoms with van der Waals surface area (Å²) in [5.41, 5.74) is 2.65. The van der Waals surface area contributed by atoms with Crippen molar-refractivity contribution >= 4 is 16.9 Å². The van der Waals surface area contributed by atoms with Gasteiger partial charge in [-0.1, -0.05) is 18.2 Å². The van der Waals surface area contributed by atoms with Crippen molar-refractivity contribution in [3.63, 3.8) is 0 Å². The molecule has 3 rings (SSSR count). The fourth-order valence-corrected chi connectivity index (χ4v) is 2.07. The van der Waals surface area contributed by atoms with Gasteiger partial charge in [-0.05, 0) is 29.8 Å². The van der Waals surface area contributed by atoms with E-state index in [-0.39, 0.29) is 18.3 Å². The average molecular weight is 269 g/mol. The summed E-state index contributed by atoms with van der Waals surface area (Å²) in [6.45, 7) is 0.275. The number of aromatic nitrogens is 2. The smallest absolute Gasteiger partial charge is 0.253 e. The SMILES string of the molecule is O=C(NCc1cccc(F)c1)c1cccc2[nH]cnc12. The summed E-state index contributed by atoms with van der Waals surface area (Å²) in [4.78, 5) is 19.2. The summed E-state index contributed by atoms with van der Waals surface area (Å²) in [6, 6.07) is 11.5. The van der Waals surface area contributed by atoms with E-state index >= 15 is 0 Å². The van der Waals surface area contributed by atoms with Crippen LogP contribution in [0.15, 0.2) is 48.8 Å². The number of imidazole rings is 1. The molecule has 0 fully saturated rings. The molecular formula is C15H12FN3O. The molecule has 0 radical (unpaired) electrons. The first-order chi connectivity index (χ1) is 9.74. The number of amides is 1. The molecule has 3 aromatic rings. The maximum atomic E-state index is 13.1. The number of hydrogen-bond donors (Lipinski definition) is 2. The Morgan fingerprint density at radius 2 is 2.10 bits per heavy atom. The zero-order valence-electron chi connectivity index (χ0n) is 10.6. The van der Waals surface area contributed by atoms with Gasteiger partial charge in [0.1, 0.15) is 11.3 Å². The number of H-pyrrole nitrogens is 1. The van der Waals surface area contributed by atoms with Crippen LogP contribution >= 0.6 is 0 Å². The topological polar surface area (TPSA) is 57.8 Å². The minimum absolute atomic E-state index is 0.230. The zero-order valence-corrected chi connectivity index (χ0v) is 10.6. The second-order valence-corrected chi connectivity index (χ2v) is 4.42. The maximum absolute atomic E-state index is 13.1. The molecule has 0 saturated carbocycles. The Kier molecular flexibility index (Phi) is 3.16. The number of carbonyl (C=O) groups excluding carboxylic acids is 1. The number of para-hydroxylation sites is 1. The Labute approximate surface area is 114 Å². The molecule has 0 bridgehead atoms. The molecule has 1 heterocycles. The molecule has 0 atom stereocenters. The van der Waals surface area contributed by atoms with Gasteiger partial charge in [0.25, 0.3) is 5.91 Å². The van der Waals surface area contributed by atoms with Gasteiger partial charge >= 0.3 is 0 Å². The molecule has 100 valence electrons. The van der Waals surface area contributed by atoms with Crippen molar-refractivity contribution in [3.8, 4) is 0 Å². The van der Waals surface area contributed by atoms with E-state index in [0.717, 1.165) is 5.52 Å². The first-order valence-corrected chi connectivity index (χ1v) is 6.19. The minimum atomic E-state index is -0.314. The summed E-state index contributed by atoms with van der Waals surface area (Å²) in [5.74, 6) is -0.543. The lowest BCUT2D eigenvalue weighted by Crippen LogP contribution is -2.23. The van der Waals surface area contributed by atoms with Gasteiger partial charge in [0.05, 0.1) is 17.4 Å². The van der Waals surface area contributed by atoms with Gasteiger partial charge in [0.2, 0.25) is 0 Å². The second kappa shape index (κ2) is 5.13. The lowest BCUT2D eigenvalue weighted by Gasteiger charge is -2.06. The number of nitrogens with zero attached hydrogens (tertiary/aromatic N) is 1. The van der Waals surface area contributed by atoms with Gasteiger partial charge in [-0.3, -0.25) is 4.79 Å². The molecule has 0 saturated heterocycles. The van der Waals surface area contributed by atoms with E-state index in [1.54, 1.807) is 30.6 Å². The van der Waals surface area contributed by atoms with Crippen LogP contribution in [0.1, 0.15) is 15.9 Å². The molecule has 0 spiro atoms. The van der Waals surface area contributed by atoms with Crippen molar-refractivity contribution in [2.24, 2.45) is 0 Å². The van der Waals surface area contributed by atoms with E-state index < -0.39 is 0 Å². The Morgan fingerprint density at radius 1 is 1.25 bits per heavy atom. The third-order valence-electron chi connectivity index (χ3n) is 3.04. The Balaban J connectivity index is 1.78. The van der Waals surface area contributed by atoms with E-state index in [2.05, 4.69) is 15.3 Å². The van der Waals surface area contributed by atoms with E-state index in [9.17, 15) is 9.18 Å². The van der Waals surface area contributed by atoms with Gasteiger partial charge < -0.3 is 10.3 Å². The number of rotatable bonds is 3. The molecule has 5 heteroatoms. The molecule has 2 N–H and O–H groups in total. The van der Waals surface area contributed by atoms with Crippen LogP contribution in [-0.2, 0) is 6.54 Å². The van der Waals surface area contributed by atoms with Crippen LogP contribution in [0.2, 0.25) is 0 Å². The van der Waals surface area contributed by atoms with E-state index in [1.807, 2.05) is 6.07 Å². The predicted octanol–water partition coefficient (Wildman–Crippen LogP) is 2.63. The fourth-order valence-electron chi connectivity index (χ4n) is 2.07. The Hall–Kier alpha value is -2.69. The predicted molar refractivity (Wildman–Crippen MR) is 73.7 cm³/mol. The largest absolute Gasteiger partial charge is 0.348 e. The third kappa shape index (κ3) is 2.38. The molecule has 0 unspecified atom stereocenters. The Bertz CT molecular complexity index is 766. The number of aromatic amines is 1. The zero-order chi connectivity index (χ0) is 13.9. The van der Waals surface area contributed by atoms with E-state index in [4.69, 9.17) is 0 Å². The van der Waals surface area contributed by atoms with Gasteiger partial charge in [-0.25, -0.2) is 9.37 Å². The summed E-state index contributed by atoms with van der Waals surface area (Å²) in [6.07, 6.45) is 1.55. The van der Waals surface area contributed by atoms with Crippen LogP contribution < -0.4 is 5.32 Å². The molecular weight excluding hydrogens is 257 g/mol. The summed E-state index contributed by atoms with van der Waals surface area (Å²) in [7, 11) is 0. The molecule has 0 aliphatic carbocycles. The number of nitrogens with one attached hydrogen (secondary N) is 2. The third-order valence-corrected chi connectivity index (χ3v) is 3.04. The van der Waals surface area contributed by atoms with Gasteiger partial charge in [0, 0.05) is 6.54 Å². The lowest BCUT2D eigenvalue weighted by molar-refractivity contribution is 0.0952. The number of carbonyl (C=O) groups is 1. The maximum Gasteiger partial charge on any atom is 0.253 e. The van der Waals surface area contributed by atoms with Crippen LogP contribution in [-0.4, -0.2) is 15.9 Å². The van der Waals surface area contributed by atoms with Crippen LogP contribution in [0.4, 0.5) is 4.39 Å². The average Bonchev–Trinajstić information content (AvgIpc) is 2.93. The van der Waals surface area contributed by atoms with Gasteiger partial charge in [0.15, 0.2) is 0 Å². The summed E-state index contributed by atoms with van der Waals surface area (Å²) in [5, 5.41) is 2.76. The highest BCUT2D eigenvalue weighted by Gasteiger charge is 2.11. The summed E-state index contributed by atoms with van der Waals surface area (Å²) >= 11 is 0. The molecule has 0 aliphatic heterocycles. The van der Waals surface area contributed by atoms with E-state index in [1.165, 1.54) is 12.1 Å². The quantitative estimate of drug-likeness (QED) is 0.768. The van der Waals surface area contributed by atoms with Crippen molar-refractivity contribution in [1.29, 1.82) is 0 Å². The van der Waals surface area contributed by atoms with Crippen molar-refractivity contribution in [1.82, 2.24) is 15.3 Å². The number of benzene rings is 2. The first kappa shape index (κ1) is 12.3. The van der Waals surface area contributed by atoms with E-state index in [0.29, 0.717) is 16.6 Å². The number of halogens is 1. The van der Waals surface area contributed by atoms with Crippen LogP contribution in [0, 0.1) is 5.82 Å².